The molecule has 2 heterocycles. The fourth-order valence-electron chi connectivity index (χ4n) is 2.82. The molecule has 6 heteroatoms. The Hall–Kier alpha value is -3.54. The Morgan fingerprint density at radius 3 is 2.63 bits per heavy atom. The predicted molar refractivity (Wildman–Crippen MR) is 103 cm³/mol. The zero-order chi connectivity index (χ0) is 18.6. The molecule has 0 unspecified atom stereocenters. The number of H-pyrrole nitrogens is 1. The summed E-state index contributed by atoms with van der Waals surface area (Å²) < 4.78 is 14.5. The zero-order valence-corrected chi connectivity index (χ0v) is 14.8. The third kappa shape index (κ3) is 4.00. The molecular weight excluding hydrogens is 341 g/mol. The van der Waals surface area contributed by atoms with Gasteiger partial charge in [-0.2, -0.15) is 0 Å². The highest BCUT2D eigenvalue weighted by Crippen LogP contribution is 2.24. The lowest BCUT2D eigenvalue weighted by atomic mass is 10.1. The standard InChI is InChI=1S/C21H18FN5/c1-14-13-24-20(25-14)18-8-7-16(12-19(18)22)26-21-23-10-9-17(27-21)11-15-5-3-2-4-6-15/h2-10,12-13H,11H2,1H3,(H,24,25)(H,23,26,27). The number of anilines is 2. The summed E-state index contributed by atoms with van der Waals surface area (Å²) in [7, 11) is 0. The van der Waals surface area contributed by atoms with E-state index in [-0.39, 0.29) is 5.82 Å². The second-order valence-electron chi connectivity index (χ2n) is 6.27. The molecule has 0 saturated heterocycles. The molecule has 0 aliphatic rings. The molecule has 0 fully saturated rings. The minimum Gasteiger partial charge on any atom is -0.342 e. The number of aryl methyl sites for hydroxylation is 1. The van der Waals surface area contributed by atoms with Crippen LogP contribution < -0.4 is 5.32 Å². The number of imidazole rings is 1. The first-order chi connectivity index (χ1) is 13.2. The van der Waals surface area contributed by atoms with Crippen molar-refractivity contribution in [3.8, 4) is 11.4 Å². The van der Waals surface area contributed by atoms with Gasteiger partial charge in [0, 0.05) is 30.2 Å². The molecule has 2 aromatic heterocycles. The molecule has 0 amide bonds. The Balaban J connectivity index is 1.52. The fourth-order valence-corrected chi connectivity index (χ4v) is 2.82. The van der Waals surface area contributed by atoms with E-state index in [0.29, 0.717) is 29.4 Å². The number of hydrogen-bond acceptors (Lipinski definition) is 4. The summed E-state index contributed by atoms with van der Waals surface area (Å²) >= 11 is 0. The molecule has 4 aromatic rings. The molecule has 134 valence electrons. The van der Waals surface area contributed by atoms with Crippen LogP contribution in [0.2, 0.25) is 0 Å². The zero-order valence-electron chi connectivity index (χ0n) is 14.8. The molecule has 5 nitrogen and oxygen atoms in total. The first kappa shape index (κ1) is 16.9. The molecule has 0 aliphatic carbocycles. The van der Waals surface area contributed by atoms with Crippen LogP contribution in [-0.4, -0.2) is 19.9 Å². The molecule has 27 heavy (non-hydrogen) atoms. The lowest BCUT2D eigenvalue weighted by Gasteiger charge is -2.08. The summed E-state index contributed by atoms with van der Waals surface area (Å²) in [5.41, 5.74) is 3.95. The van der Waals surface area contributed by atoms with Crippen molar-refractivity contribution in [2.45, 2.75) is 13.3 Å². The lowest BCUT2D eigenvalue weighted by molar-refractivity contribution is 0.631. The van der Waals surface area contributed by atoms with Gasteiger partial charge in [-0.3, -0.25) is 0 Å². The van der Waals surface area contributed by atoms with E-state index in [1.54, 1.807) is 24.5 Å². The van der Waals surface area contributed by atoms with Crippen molar-refractivity contribution in [3.05, 3.63) is 89.8 Å². The molecule has 0 atom stereocenters. The topological polar surface area (TPSA) is 66.5 Å². The quantitative estimate of drug-likeness (QED) is 0.544. The van der Waals surface area contributed by atoms with Crippen molar-refractivity contribution in [1.82, 2.24) is 19.9 Å². The number of aromatic nitrogens is 4. The van der Waals surface area contributed by atoms with Crippen molar-refractivity contribution in [1.29, 1.82) is 0 Å². The van der Waals surface area contributed by atoms with E-state index in [2.05, 4.69) is 37.4 Å². The molecule has 0 bridgehead atoms. The van der Waals surface area contributed by atoms with Crippen molar-refractivity contribution in [2.75, 3.05) is 5.32 Å². The molecule has 2 N–H and O–H groups in total. The van der Waals surface area contributed by atoms with Crippen molar-refractivity contribution in [2.24, 2.45) is 0 Å². The number of rotatable bonds is 5. The average molecular weight is 359 g/mol. The van der Waals surface area contributed by atoms with E-state index < -0.39 is 0 Å². The summed E-state index contributed by atoms with van der Waals surface area (Å²) in [6.07, 6.45) is 4.08. The first-order valence-corrected chi connectivity index (χ1v) is 8.62. The van der Waals surface area contributed by atoms with Gasteiger partial charge in [0.05, 0.1) is 11.3 Å². The normalized spacial score (nSPS) is 10.7. The number of aromatic amines is 1. The highest BCUT2D eigenvalue weighted by atomic mass is 19.1. The molecule has 0 spiro atoms. The number of nitrogens with zero attached hydrogens (tertiary/aromatic N) is 3. The van der Waals surface area contributed by atoms with Gasteiger partial charge in [0.2, 0.25) is 5.95 Å². The van der Waals surface area contributed by atoms with Crippen LogP contribution in [0, 0.1) is 12.7 Å². The van der Waals surface area contributed by atoms with Crippen LogP contribution in [0.3, 0.4) is 0 Å². The van der Waals surface area contributed by atoms with Crippen molar-refractivity contribution >= 4 is 11.6 Å². The second-order valence-corrected chi connectivity index (χ2v) is 6.27. The van der Waals surface area contributed by atoms with Crippen LogP contribution in [0.4, 0.5) is 16.0 Å². The maximum atomic E-state index is 14.5. The SMILES string of the molecule is Cc1cnc(-c2ccc(Nc3nccc(Cc4ccccc4)n3)cc2F)[nH]1. The largest absolute Gasteiger partial charge is 0.342 e. The van der Waals surface area contributed by atoms with Crippen LogP contribution in [0.15, 0.2) is 67.0 Å². The van der Waals surface area contributed by atoms with Crippen molar-refractivity contribution < 1.29 is 4.39 Å². The number of halogens is 1. The van der Waals surface area contributed by atoms with E-state index in [1.165, 1.54) is 11.6 Å². The van der Waals surface area contributed by atoms with Crippen LogP contribution in [0.1, 0.15) is 17.0 Å². The van der Waals surface area contributed by atoms with Gasteiger partial charge in [0.25, 0.3) is 0 Å². The van der Waals surface area contributed by atoms with Crippen molar-refractivity contribution in [3.63, 3.8) is 0 Å². The van der Waals surface area contributed by atoms with E-state index in [0.717, 1.165) is 11.4 Å². The fraction of sp³-hybridized carbons (Fsp3) is 0.0952. The Morgan fingerprint density at radius 1 is 1.04 bits per heavy atom. The van der Waals surface area contributed by atoms with Gasteiger partial charge in [-0.25, -0.2) is 19.3 Å². The molecular formula is C21H18FN5. The Morgan fingerprint density at radius 2 is 1.89 bits per heavy atom. The maximum absolute atomic E-state index is 14.5. The van der Waals surface area contributed by atoms with E-state index in [9.17, 15) is 4.39 Å². The van der Waals surface area contributed by atoms with Crippen LogP contribution in [0.25, 0.3) is 11.4 Å². The predicted octanol–water partition coefficient (Wildman–Crippen LogP) is 4.65. The van der Waals surface area contributed by atoms with Gasteiger partial charge in [-0.15, -0.1) is 0 Å². The molecule has 4 rings (SSSR count). The maximum Gasteiger partial charge on any atom is 0.227 e. The third-order valence-corrected chi connectivity index (χ3v) is 4.12. The van der Waals surface area contributed by atoms with Gasteiger partial charge in [0.15, 0.2) is 0 Å². The molecule has 0 radical (unpaired) electrons. The van der Waals surface area contributed by atoms with Gasteiger partial charge < -0.3 is 10.3 Å². The van der Waals surface area contributed by atoms with Gasteiger partial charge in [-0.1, -0.05) is 30.3 Å². The lowest BCUT2D eigenvalue weighted by Crippen LogP contribution is -2.01. The van der Waals surface area contributed by atoms with E-state index in [4.69, 9.17) is 0 Å². The number of nitrogens with one attached hydrogen (secondary N) is 2. The van der Waals surface area contributed by atoms with Gasteiger partial charge >= 0.3 is 0 Å². The van der Waals surface area contributed by atoms with Gasteiger partial charge in [-0.05, 0) is 36.8 Å². The highest BCUT2D eigenvalue weighted by molar-refractivity contribution is 5.63. The number of benzene rings is 2. The van der Waals surface area contributed by atoms with E-state index >= 15 is 0 Å². The minimum absolute atomic E-state index is 0.366. The third-order valence-electron chi connectivity index (χ3n) is 4.12. The summed E-state index contributed by atoms with van der Waals surface area (Å²) in [6, 6.07) is 16.9. The Labute approximate surface area is 156 Å². The minimum atomic E-state index is -0.366. The smallest absolute Gasteiger partial charge is 0.227 e. The van der Waals surface area contributed by atoms with Crippen LogP contribution >= 0.6 is 0 Å². The second kappa shape index (κ2) is 7.37. The van der Waals surface area contributed by atoms with Crippen LogP contribution in [-0.2, 0) is 6.42 Å². The molecule has 0 aliphatic heterocycles. The average Bonchev–Trinajstić information content (AvgIpc) is 3.09. The monoisotopic (exact) mass is 359 g/mol. The van der Waals surface area contributed by atoms with E-state index in [1.807, 2.05) is 31.2 Å². The molecule has 0 saturated carbocycles. The summed E-state index contributed by atoms with van der Waals surface area (Å²) in [5, 5.41) is 3.06. The Bertz CT molecular complexity index is 1060. The first-order valence-electron chi connectivity index (χ1n) is 8.62. The van der Waals surface area contributed by atoms with Crippen LogP contribution in [0.5, 0.6) is 0 Å². The Kier molecular flexibility index (Phi) is 4.61. The number of hydrogen-bond donors (Lipinski definition) is 2. The summed E-state index contributed by atoms with van der Waals surface area (Å²) in [5.74, 6) is 0.580. The highest BCUT2D eigenvalue weighted by Gasteiger charge is 2.10. The summed E-state index contributed by atoms with van der Waals surface area (Å²) in [4.78, 5) is 15.9. The van der Waals surface area contributed by atoms with Gasteiger partial charge in [0.1, 0.15) is 11.6 Å². The summed E-state index contributed by atoms with van der Waals surface area (Å²) in [6.45, 7) is 1.88. The molecule has 2 aromatic carbocycles.